The molecule has 2 aromatic heterocycles. The van der Waals surface area contributed by atoms with Crippen molar-refractivity contribution in [3.05, 3.63) is 39.9 Å². The number of rotatable bonds is 1. The molecule has 0 saturated carbocycles. The molecular weight excluding hydrogens is 270 g/mol. The average molecular weight is 281 g/mol. The number of aromatic nitrogens is 1. The van der Waals surface area contributed by atoms with Crippen molar-refractivity contribution >= 4 is 22.2 Å². The van der Waals surface area contributed by atoms with Gasteiger partial charge in [0.15, 0.2) is 0 Å². The molecular formula is C14H11N5S. The lowest BCUT2D eigenvalue weighted by molar-refractivity contribution is 0.731. The van der Waals surface area contributed by atoms with Gasteiger partial charge in [-0.3, -0.25) is 0 Å². The third kappa shape index (κ3) is 1.87. The summed E-state index contributed by atoms with van der Waals surface area (Å²) in [7, 11) is 0. The highest BCUT2D eigenvalue weighted by Crippen LogP contribution is 2.36. The summed E-state index contributed by atoms with van der Waals surface area (Å²) < 4.78 is 0. The minimum absolute atomic E-state index is 0.570. The summed E-state index contributed by atoms with van der Waals surface area (Å²) in [5, 5.41) is 18.9. The fourth-order valence-electron chi connectivity index (χ4n) is 2.46. The fraction of sp³-hybridized carbons (Fsp3) is 0.214. The van der Waals surface area contributed by atoms with Crippen LogP contribution in [0.3, 0.4) is 0 Å². The molecule has 98 valence electrons. The molecule has 0 aromatic carbocycles. The lowest BCUT2D eigenvalue weighted by Gasteiger charge is -2.28. The van der Waals surface area contributed by atoms with Crippen LogP contribution in [0.4, 0.5) is 10.8 Å². The Labute approximate surface area is 120 Å². The molecule has 0 bridgehead atoms. The second-order valence-corrected chi connectivity index (χ2v) is 5.65. The molecule has 0 atom stereocenters. The molecule has 0 spiro atoms. The highest BCUT2D eigenvalue weighted by atomic mass is 32.1. The summed E-state index contributed by atoms with van der Waals surface area (Å²) >= 11 is 1.46. The first-order chi connectivity index (χ1) is 9.74. The first kappa shape index (κ1) is 12.5. The van der Waals surface area contributed by atoms with Gasteiger partial charge >= 0.3 is 0 Å². The number of fused-ring (bicyclic) bond motifs is 1. The second kappa shape index (κ2) is 4.84. The highest BCUT2D eigenvalue weighted by molar-refractivity contribution is 7.16. The Bertz CT molecular complexity index is 750. The van der Waals surface area contributed by atoms with Crippen LogP contribution in [0.2, 0.25) is 0 Å². The van der Waals surface area contributed by atoms with Gasteiger partial charge in [-0.1, -0.05) is 0 Å². The summed E-state index contributed by atoms with van der Waals surface area (Å²) in [6, 6.07) is 7.87. The number of hydrogen-bond acceptors (Lipinski definition) is 6. The van der Waals surface area contributed by atoms with Gasteiger partial charge in [0.25, 0.3) is 0 Å². The Morgan fingerprint density at radius 2 is 2.20 bits per heavy atom. The van der Waals surface area contributed by atoms with Crippen molar-refractivity contribution < 1.29 is 0 Å². The van der Waals surface area contributed by atoms with Gasteiger partial charge in [-0.05, 0) is 24.1 Å². The molecule has 1 aliphatic rings. The van der Waals surface area contributed by atoms with Crippen molar-refractivity contribution in [2.75, 3.05) is 17.2 Å². The van der Waals surface area contributed by atoms with E-state index in [-0.39, 0.29) is 0 Å². The molecule has 1 aliphatic heterocycles. The molecule has 0 saturated heterocycles. The average Bonchev–Trinajstić information content (AvgIpc) is 2.81. The van der Waals surface area contributed by atoms with Crippen molar-refractivity contribution in [3.8, 4) is 12.1 Å². The zero-order valence-electron chi connectivity index (χ0n) is 10.6. The molecule has 0 amide bonds. The van der Waals surface area contributed by atoms with Crippen LogP contribution < -0.4 is 10.6 Å². The lowest BCUT2D eigenvalue weighted by atomic mass is 10.0. The molecule has 2 N–H and O–H groups in total. The Morgan fingerprint density at radius 1 is 1.35 bits per heavy atom. The summed E-state index contributed by atoms with van der Waals surface area (Å²) in [5.74, 6) is 0.700. The third-order valence-corrected chi connectivity index (χ3v) is 4.45. The van der Waals surface area contributed by atoms with Crippen molar-refractivity contribution in [1.82, 2.24) is 4.98 Å². The van der Waals surface area contributed by atoms with Gasteiger partial charge in [0.2, 0.25) is 0 Å². The highest BCUT2D eigenvalue weighted by Gasteiger charge is 2.25. The van der Waals surface area contributed by atoms with Crippen LogP contribution in [0, 0.1) is 22.7 Å². The van der Waals surface area contributed by atoms with E-state index < -0.39 is 0 Å². The number of hydrogen-bond donors (Lipinski definition) is 1. The third-order valence-electron chi connectivity index (χ3n) is 3.40. The summed E-state index contributed by atoms with van der Waals surface area (Å²) in [4.78, 5) is 7.47. The van der Waals surface area contributed by atoms with Gasteiger partial charge in [-0.25, -0.2) is 4.98 Å². The second-order valence-electron chi connectivity index (χ2n) is 4.51. The normalized spacial score (nSPS) is 13.4. The topological polar surface area (TPSA) is 89.7 Å². The van der Waals surface area contributed by atoms with E-state index in [4.69, 9.17) is 16.3 Å². The van der Waals surface area contributed by atoms with Gasteiger partial charge in [0.05, 0.1) is 17.7 Å². The van der Waals surface area contributed by atoms with E-state index in [1.54, 1.807) is 18.3 Å². The summed E-state index contributed by atoms with van der Waals surface area (Å²) in [5.41, 5.74) is 8.12. The maximum absolute atomic E-state index is 9.15. The van der Waals surface area contributed by atoms with E-state index in [2.05, 4.69) is 22.0 Å². The fourth-order valence-corrected chi connectivity index (χ4v) is 3.55. The zero-order valence-corrected chi connectivity index (χ0v) is 11.4. The standard InChI is InChI=1S/C14H11N5S/c15-6-9-2-1-4-18-14(9)19-5-3-10-11(7-16)13(17)20-12(10)8-19/h1-2,4H,3,5,8,17H2. The lowest BCUT2D eigenvalue weighted by Crippen LogP contribution is -2.31. The Morgan fingerprint density at radius 3 is 2.95 bits per heavy atom. The molecule has 0 radical (unpaired) electrons. The Kier molecular flexibility index (Phi) is 3.02. The number of nitrogen functional groups attached to an aromatic ring is 1. The number of pyridine rings is 1. The van der Waals surface area contributed by atoms with E-state index in [0.717, 1.165) is 23.4 Å². The molecule has 2 aromatic rings. The first-order valence-electron chi connectivity index (χ1n) is 6.14. The number of thiophene rings is 1. The predicted molar refractivity (Wildman–Crippen MR) is 77.2 cm³/mol. The van der Waals surface area contributed by atoms with Crippen molar-refractivity contribution in [3.63, 3.8) is 0 Å². The Balaban J connectivity index is 1.98. The molecule has 3 rings (SSSR count). The van der Waals surface area contributed by atoms with Crippen LogP contribution in [0.1, 0.15) is 21.6 Å². The first-order valence-corrected chi connectivity index (χ1v) is 6.96. The SMILES string of the molecule is N#Cc1cccnc1N1CCc2c(sc(N)c2C#N)C1. The Hall–Kier alpha value is -2.57. The maximum atomic E-state index is 9.15. The summed E-state index contributed by atoms with van der Waals surface area (Å²) in [6.45, 7) is 1.39. The molecule has 0 unspecified atom stereocenters. The van der Waals surface area contributed by atoms with Crippen LogP contribution in [0.25, 0.3) is 0 Å². The quantitative estimate of drug-likeness (QED) is 0.863. The van der Waals surface area contributed by atoms with Gasteiger partial charge in [-0.2, -0.15) is 10.5 Å². The van der Waals surface area contributed by atoms with E-state index in [1.807, 2.05) is 0 Å². The van der Waals surface area contributed by atoms with Crippen molar-refractivity contribution in [1.29, 1.82) is 10.5 Å². The van der Waals surface area contributed by atoms with Crippen molar-refractivity contribution in [2.45, 2.75) is 13.0 Å². The van der Waals surface area contributed by atoms with Gasteiger partial charge < -0.3 is 10.6 Å². The molecule has 5 nitrogen and oxygen atoms in total. The van der Waals surface area contributed by atoms with Crippen LogP contribution >= 0.6 is 11.3 Å². The number of nitrogens with two attached hydrogens (primary N) is 1. The van der Waals surface area contributed by atoms with E-state index in [0.29, 0.717) is 28.5 Å². The predicted octanol–water partition coefficient (Wildman–Crippen LogP) is 2.03. The molecule has 0 aliphatic carbocycles. The van der Waals surface area contributed by atoms with E-state index in [1.165, 1.54) is 11.3 Å². The van der Waals surface area contributed by atoms with Crippen LogP contribution in [0.15, 0.2) is 18.3 Å². The minimum atomic E-state index is 0.570. The van der Waals surface area contributed by atoms with Crippen molar-refractivity contribution in [2.24, 2.45) is 0 Å². The van der Waals surface area contributed by atoms with Crippen LogP contribution in [-0.4, -0.2) is 11.5 Å². The van der Waals surface area contributed by atoms with Crippen LogP contribution in [0.5, 0.6) is 0 Å². The van der Waals surface area contributed by atoms with Gasteiger partial charge in [0, 0.05) is 17.6 Å². The van der Waals surface area contributed by atoms with Gasteiger partial charge in [-0.15, -0.1) is 11.3 Å². The van der Waals surface area contributed by atoms with Crippen LogP contribution in [-0.2, 0) is 13.0 Å². The van der Waals surface area contributed by atoms with Gasteiger partial charge in [0.1, 0.15) is 23.0 Å². The smallest absolute Gasteiger partial charge is 0.146 e. The monoisotopic (exact) mass is 281 g/mol. The maximum Gasteiger partial charge on any atom is 0.146 e. The number of nitrogens with zero attached hydrogens (tertiary/aromatic N) is 4. The molecule has 20 heavy (non-hydrogen) atoms. The van der Waals surface area contributed by atoms with E-state index >= 15 is 0 Å². The largest absolute Gasteiger partial charge is 0.389 e. The van der Waals surface area contributed by atoms with E-state index in [9.17, 15) is 0 Å². The molecule has 0 fully saturated rings. The molecule has 3 heterocycles. The number of anilines is 2. The zero-order chi connectivity index (χ0) is 14.1. The molecule has 6 heteroatoms. The minimum Gasteiger partial charge on any atom is -0.389 e. The number of nitriles is 2. The summed E-state index contributed by atoms with van der Waals surface area (Å²) in [6.07, 6.45) is 2.45.